The van der Waals surface area contributed by atoms with Crippen molar-refractivity contribution in [2.75, 3.05) is 18.6 Å². The van der Waals surface area contributed by atoms with Gasteiger partial charge >= 0.3 is 11.9 Å². The SMILES string of the molecule is CSCCC(NC(=O)CNC(=O)C(CCC(=O)O)NC(=O)C(N)Cc1ccc(O)cc1)C(=O)O. The number of carboxylic acids is 2. The monoisotopic (exact) mass is 498 g/mol. The third-order valence-corrected chi connectivity index (χ3v) is 5.32. The summed E-state index contributed by atoms with van der Waals surface area (Å²) in [7, 11) is 0. The molecule has 1 aromatic rings. The number of rotatable bonds is 15. The van der Waals surface area contributed by atoms with Crippen molar-refractivity contribution in [1.82, 2.24) is 16.0 Å². The minimum Gasteiger partial charge on any atom is -0.508 e. The average molecular weight is 499 g/mol. The molecule has 1 rings (SSSR count). The molecule has 0 fully saturated rings. The molecule has 3 unspecified atom stereocenters. The molecule has 0 saturated carbocycles. The largest absolute Gasteiger partial charge is 0.508 e. The van der Waals surface area contributed by atoms with Gasteiger partial charge in [0.1, 0.15) is 17.8 Å². The zero-order valence-corrected chi connectivity index (χ0v) is 19.5. The number of phenolic OH excluding ortho intramolecular Hbond substituents is 1. The molecule has 0 spiro atoms. The summed E-state index contributed by atoms with van der Waals surface area (Å²) in [5, 5.41) is 34.4. The minimum atomic E-state index is -1.27. The van der Waals surface area contributed by atoms with Crippen LogP contribution in [0.3, 0.4) is 0 Å². The van der Waals surface area contributed by atoms with Gasteiger partial charge < -0.3 is 37.0 Å². The Bertz CT molecular complexity index is 865. The van der Waals surface area contributed by atoms with Gasteiger partial charge in [0.05, 0.1) is 12.6 Å². The predicted molar refractivity (Wildman–Crippen MR) is 124 cm³/mol. The second kappa shape index (κ2) is 14.8. The van der Waals surface area contributed by atoms with Gasteiger partial charge in [-0.3, -0.25) is 19.2 Å². The number of carboxylic acid groups (broad SMARTS) is 2. The summed E-state index contributed by atoms with van der Waals surface area (Å²) in [4.78, 5) is 59.2. The summed E-state index contributed by atoms with van der Waals surface area (Å²) in [6.07, 6.45) is 1.43. The second-order valence-electron chi connectivity index (χ2n) is 7.43. The van der Waals surface area contributed by atoms with Crippen molar-refractivity contribution in [3.05, 3.63) is 29.8 Å². The molecular formula is C21H30N4O8S. The Morgan fingerprint density at radius 1 is 0.971 bits per heavy atom. The smallest absolute Gasteiger partial charge is 0.326 e. The number of nitrogens with one attached hydrogen (secondary N) is 3. The van der Waals surface area contributed by atoms with Crippen LogP contribution in [-0.2, 0) is 30.4 Å². The summed E-state index contributed by atoms with van der Waals surface area (Å²) in [6, 6.07) is 2.60. The number of aliphatic carboxylic acids is 2. The van der Waals surface area contributed by atoms with E-state index in [2.05, 4.69) is 16.0 Å². The lowest BCUT2D eigenvalue weighted by Crippen LogP contribution is -2.54. The molecule has 0 saturated heterocycles. The predicted octanol–water partition coefficient (Wildman–Crippen LogP) is -0.950. The van der Waals surface area contributed by atoms with Gasteiger partial charge in [-0.15, -0.1) is 0 Å². The molecule has 0 radical (unpaired) electrons. The zero-order chi connectivity index (χ0) is 25.7. The van der Waals surface area contributed by atoms with Gasteiger partial charge in [-0.2, -0.15) is 11.8 Å². The van der Waals surface area contributed by atoms with E-state index in [1.807, 2.05) is 0 Å². The van der Waals surface area contributed by atoms with E-state index in [1.165, 1.54) is 23.9 Å². The molecule has 3 atom stereocenters. The van der Waals surface area contributed by atoms with Crippen LogP contribution in [0.2, 0.25) is 0 Å². The number of hydrogen-bond acceptors (Lipinski definition) is 8. The van der Waals surface area contributed by atoms with Gasteiger partial charge in [-0.1, -0.05) is 12.1 Å². The Morgan fingerprint density at radius 2 is 1.62 bits per heavy atom. The maximum atomic E-state index is 12.5. The fourth-order valence-corrected chi connectivity index (χ4v) is 3.29. The van der Waals surface area contributed by atoms with Crippen molar-refractivity contribution < 1.29 is 39.3 Å². The number of benzene rings is 1. The van der Waals surface area contributed by atoms with Crippen LogP contribution in [0.5, 0.6) is 5.75 Å². The van der Waals surface area contributed by atoms with Gasteiger partial charge in [-0.05, 0) is 49.0 Å². The van der Waals surface area contributed by atoms with E-state index < -0.39 is 60.8 Å². The van der Waals surface area contributed by atoms with Crippen LogP contribution in [0.15, 0.2) is 24.3 Å². The maximum absolute atomic E-state index is 12.5. The second-order valence-corrected chi connectivity index (χ2v) is 8.41. The van der Waals surface area contributed by atoms with Crippen LogP contribution in [0, 0.1) is 0 Å². The van der Waals surface area contributed by atoms with Crippen molar-refractivity contribution in [3.63, 3.8) is 0 Å². The van der Waals surface area contributed by atoms with Crippen LogP contribution in [-0.4, -0.2) is 81.7 Å². The number of phenols is 1. The topological polar surface area (TPSA) is 208 Å². The lowest BCUT2D eigenvalue weighted by atomic mass is 10.0. The van der Waals surface area contributed by atoms with Crippen LogP contribution >= 0.6 is 11.8 Å². The average Bonchev–Trinajstić information content (AvgIpc) is 2.78. The highest BCUT2D eigenvalue weighted by atomic mass is 32.2. The number of carbonyl (C=O) groups is 5. The zero-order valence-electron chi connectivity index (χ0n) is 18.7. The summed E-state index contributed by atoms with van der Waals surface area (Å²) in [6.45, 7) is -0.555. The lowest BCUT2D eigenvalue weighted by Gasteiger charge is -2.21. The molecule has 0 bridgehead atoms. The van der Waals surface area contributed by atoms with E-state index >= 15 is 0 Å². The van der Waals surface area contributed by atoms with Crippen LogP contribution in [0.25, 0.3) is 0 Å². The molecular weight excluding hydrogens is 468 g/mol. The summed E-state index contributed by atoms with van der Waals surface area (Å²) in [5.74, 6) is -4.08. The molecule has 0 aliphatic rings. The van der Waals surface area contributed by atoms with E-state index in [4.69, 9.17) is 15.9 Å². The Hall–Kier alpha value is -3.32. The molecule has 188 valence electrons. The Balaban J connectivity index is 2.70. The number of nitrogens with two attached hydrogens (primary N) is 1. The summed E-state index contributed by atoms with van der Waals surface area (Å²) >= 11 is 1.42. The van der Waals surface area contributed by atoms with Gasteiger partial charge in [0, 0.05) is 6.42 Å². The standard InChI is InChI=1S/C21H30N4O8S/c1-34-9-8-16(21(32)33)24-17(27)11-23-20(31)15(6-7-18(28)29)25-19(30)14(22)10-12-2-4-13(26)5-3-12/h2-5,14-16,26H,6-11,22H2,1H3,(H,23,31)(H,24,27)(H,25,30)(H,28,29)(H,32,33). The van der Waals surface area contributed by atoms with Crippen molar-refractivity contribution in [2.24, 2.45) is 5.73 Å². The molecule has 0 aliphatic carbocycles. The van der Waals surface area contributed by atoms with Gasteiger partial charge in [0.2, 0.25) is 17.7 Å². The molecule has 13 heteroatoms. The van der Waals surface area contributed by atoms with Crippen molar-refractivity contribution in [3.8, 4) is 5.75 Å². The molecule has 0 aliphatic heterocycles. The Labute approximate surface area is 200 Å². The molecule has 12 nitrogen and oxygen atoms in total. The first-order valence-corrected chi connectivity index (χ1v) is 11.8. The number of aromatic hydroxyl groups is 1. The first kappa shape index (κ1) is 28.7. The number of amides is 3. The minimum absolute atomic E-state index is 0.0511. The van der Waals surface area contributed by atoms with Gasteiger partial charge in [0.25, 0.3) is 0 Å². The number of carbonyl (C=O) groups excluding carboxylic acids is 3. The van der Waals surface area contributed by atoms with Crippen molar-refractivity contribution in [1.29, 1.82) is 0 Å². The van der Waals surface area contributed by atoms with E-state index in [0.717, 1.165) is 0 Å². The van der Waals surface area contributed by atoms with E-state index in [-0.39, 0.29) is 25.0 Å². The van der Waals surface area contributed by atoms with Crippen molar-refractivity contribution >= 4 is 41.4 Å². The molecule has 8 N–H and O–H groups in total. The highest BCUT2D eigenvalue weighted by Crippen LogP contribution is 2.11. The number of thioether (sulfide) groups is 1. The molecule has 0 aromatic heterocycles. The first-order chi connectivity index (χ1) is 16.0. The lowest BCUT2D eigenvalue weighted by molar-refractivity contribution is -0.141. The summed E-state index contributed by atoms with van der Waals surface area (Å²) < 4.78 is 0. The van der Waals surface area contributed by atoms with Gasteiger partial charge in [-0.25, -0.2) is 4.79 Å². The highest BCUT2D eigenvalue weighted by molar-refractivity contribution is 7.98. The fraction of sp³-hybridized carbons (Fsp3) is 0.476. The first-order valence-electron chi connectivity index (χ1n) is 10.4. The normalized spacial score (nSPS) is 13.2. The third kappa shape index (κ3) is 11.0. The quantitative estimate of drug-likeness (QED) is 0.158. The third-order valence-electron chi connectivity index (χ3n) is 4.68. The fourth-order valence-electron chi connectivity index (χ4n) is 2.82. The van der Waals surface area contributed by atoms with E-state index in [9.17, 15) is 29.1 Å². The molecule has 1 aromatic carbocycles. The van der Waals surface area contributed by atoms with Gasteiger partial charge in [0.15, 0.2) is 0 Å². The van der Waals surface area contributed by atoms with Crippen LogP contribution in [0.1, 0.15) is 24.8 Å². The van der Waals surface area contributed by atoms with Crippen LogP contribution < -0.4 is 21.7 Å². The highest BCUT2D eigenvalue weighted by Gasteiger charge is 2.26. The molecule has 3 amide bonds. The molecule has 34 heavy (non-hydrogen) atoms. The molecule has 0 heterocycles. The van der Waals surface area contributed by atoms with E-state index in [0.29, 0.717) is 11.3 Å². The Kier molecular flexibility index (Phi) is 12.5. The van der Waals surface area contributed by atoms with Crippen molar-refractivity contribution in [2.45, 2.75) is 43.8 Å². The maximum Gasteiger partial charge on any atom is 0.326 e. The van der Waals surface area contributed by atoms with Crippen LogP contribution in [0.4, 0.5) is 0 Å². The number of hydrogen-bond donors (Lipinski definition) is 7. The van der Waals surface area contributed by atoms with E-state index in [1.54, 1.807) is 18.4 Å². The Morgan fingerprint density at radius 3 is 2.18 bits per heavy atom. The summed E-state index contributed by atoms with van der Waals surface area (Å²) in [5.41, 5.74) is 6.56.